The molecule has 0 unspecified atom stereocenters. The second-order valence-electron chi connectivity index (χ2n) is 6.32. The van der Waals surface area contributed by atoms with Gasteiger partial charge in [-0.25, -0.2) is 4.98 Å². The van der Waals surface area contributed by atoms with Crippen molar-refractivity contribution in [1.82, 2.24) is 14.0 Å². The number of hydrogen-bond donors (Lipinski definition) is 0. The fourth-order valence-electron chi connectivity index (χ4n) is 3.37. The minimum atomic E-state index is 0.934. The number of nitrogens with zero attached hydrogens (tertiary/aromatic N) is 3. The molecule has 3 nitrogen and oxygen atoms in total. The lowest BCUT2D eigenvalue weighted by Crippen LogP contribution is -1.97. The standard InChI is InChI=1S/C22H17N3/c1-16-11-13-18(14-12-16)25-21(17-7-3-2-4-8-17)15-24-20-10-6-5-9-19(20)23-22(24)25/h2-15H,1H3. The Morgan fingerprint density at radius 1 is 0.760 bits per heavy atom. The van der Waals surface area contributed by atoms with E-state index in [-0.39, 0.29) is 0 Å². The molecule has 0 radical (unpaired) electrons. The van der Waals surface area contributed by atoms with E-state index >= 15 is 0 Å². The topological polar surface area (TPSA) is 22.2 Å². The average Bonchev–Trinajstić information content (AvgIpc) is 3.19. The van der Waals surface area contributed by atoms with Crippen LogP contribution in [0.3, 0.4) is 0 Å². The molecule has 0 fully saturated rings. The Balaban J connectivity index is 1.89. The number of fused-ring (bicyclic) bond motifs is 3. The van der Waals surface area contributed by atoms with E-state index < -0.39 is 0 Å². The van der Waals surface area contributed by atoms with Crippen LogP contribution < -0.4 is 0 Å². The number of imidazole rings is 2. The zero-order valence-electron chi connectivity index (χ0n) is 13.9. The van der Waals surface area contributed by atoms with E-state index in [4.69, 9.17) is 4.98 Å². The lowest BCUT2D eigenvalue weighted by atomic mass is 10.1. The number of hydrogen-bond acceptors (Lipinski definition) is 1. The molecule has 0 amide bonds. The molecule has 0 saturated heterocycles. The van der Waals surface area contributed by atoms with Gasteiger partial charge in [-0.05, 0) is 31.2 Å². The maximum absolute atomic E-state index is 4.89. The molecule has 25 heavy (non-hydrogen) atoms. The molecule has 0 spiro atoms. The molecule has 3 aromatic carbocycles. The SMILES string of the molecule is Cc1ccc(-n2c(-c3ccccc3)cn3c4ccccc4nc23)cc1. The largest absolute Gasteiger partial charge is 0.283 e. The molecular formula is C22H17N3. The summed E-state index contributed by atoms with van der Waals surface area (Å²) in [6.45, 7) is 2.11. The van der Waals surface area contributed by atoms with Crippen molar-refractivity contribution < 1.29 is 0 Å². The van der Waals surface area contributed by atoms with Gasteiger partial charge in [0.2, 0.25) is 5.78 Å². The first kappa shape index (κ1) is 14.1. The monoisotopic (exact) mass is 323 g/mol. The minimum Gasteiger partial charge on any atom is -0.283 e. The van der Waals surface area contributed by atoms with E-state index in [0.29, 0.717) is 0 Å². The van der Waals surface area contributed by atoms with Crippen molar-refractivity contribution >= 4 is 16.8 Å². The average molecular weight is 323 g/mol. The van der Waals surface area contributed by atoms with Gasteiger partial charge in [-0.1, -0.05) is 60.2 Å². The highest BCUT2D eigenvalue weighted by atomic mass is 15.2. The van der Waals surface area contributed by atoms with Crippen molar-refractivity contribution in [3.63, 3.8) is 0 Å². The van der Waals surface area contributed by atoms with Gasteiger partial charge in [-0.2, -0.15) is 0 Å². The van der Waals surface area contributed by atoms with Gasteiger partial charge in [0.05, 0.1) is 16.7 Å². The van der Waals surface area contributed by atoms with E-state index in [0.717, 1.165) is 28.2 Å². The fourth-order valence-corrected chi connectivity index (χ4v) is 3.37. The molecule has 0 aliphatic carbocycles. The smallest absolute Gasteiger partial charge is 0.220 e. The van der Waals surface area contributed by atoms with Crippen molar-refractivity contribution in [2.45, 2.75) is 6.92 Å². The summed E-state index contributed by atoms with van der Waals surface area (Å²) in [6.07, 6.45) is 2.18. The van der Waals surface area contributed by atoms with Crippen LogP contribution >= 0.6 is 0 Å². The zero-order chi connectivity index (χ0) is 16.8. The maximum Gasteiger partial charge on any atom is 0.220 e. The van der Waals surface area contributed by atoms with Gasteiger partial charge in [0.25, 0.3) is 0 Å². The zero-order valence-corrected chi connectivity index (χ0v) is 13.9. The summed E-state index contributed by atoms with van der Waals surface area (Å²) < 4.78 is 4.41. The van der Waals surface area contributed by atoms with E-state index in [2.05, 4.69) is 88.8 Å². The second kappa shape index (κ2) is 5.35. The molecule has 0 N–H and O–H groups in total. The van der Waals surface area contributed by atoms with E-state index in [1.54, 1.807) is 0 Å². The van der Waals surface area contributed by atoms with Crippen molar-refractivity contribution in [2.24, 2.45) is 0 Å². The molecule has 120 valence electrons. The van der Waals surface area contributed by atoms with Crippen LogP contribution in [-0.2, 0) is 0 Å². The van der Waals surface area contributed by atoms with E-state index in [9.17, 15) is 0 Å². The van der Waals surface area contributed by atoms with Gasteiger partial charge in [0.1, 0.15) is 0 Å². The summed E-state index contributed by atoms with van der Waals surface area (Å²) in [7, 11) is 0. The Morgan fingerprint density at radius 2 is 1.48 bits per heavy atom. The van der Waals surface area contributed by atoms with Gasteiger partial charge < -0.3 is 0 Å². The van der Waals surface area contributed by atoms with Crippen LogP contribution in [0.15, 0.2) is 85.1 Å². The molecule has 2 heterocycles. The van der Waals surface area contributed by atoms with Gasteiger partial charge in [0.15, 0.2) is 0 Å². The molecule has 0 aliphatic rings. The molecule has 0 saturated carbocycles. The molecule has 5 rings (SSSR count). The molecule has 0 atom stereocenters. The first-order valence-electron chi connectivity index (χ1n) is 8.42. The Bertz CT molecular complexity index is 1180. The van der Waals surface area contributed by atoms with Crippen molar-refractivity contribution in [1.29, 1.82) is 0 Å². The van der Waals surface area contributed by atoms with E-state index in [1.165, 1.54) is 11.1 Å². The summed E-state index contributed by atoms with van der Waals surface area (Å²) in [5, 5.41) is 0. The predicted molar refractivity (Wildman–Crippen MR) is 102 cm³/mol. The highest BCUT2D eigenvalue weighted by Gasteiger charge is 2.16. The fraction of sp³-hybridized carbons (Fsp3) is 0.0455. The van der Waals surface area contributed by atoms with Gasteiger partial charge >= 0.3 is 0 Å². The number of benzene rings is 3. The normalized spacial score (nSPS) is 11.4. The Kier molecular flexibility index (Phi) is 3.01. The Labute approximate surface area is 145 Å². The first-order valence-corrected chi connectivity index (χ1v) is 8.42. The third kappa shape index (κ3) is 2.17. The number of para-hydroxylation sites is 2. The van der Waals surface area contributed by atoms with Crippen LogP contribution in [0.25, 0.3) is 33.8 Å². The summed E-state index contributed by atoms with van der Waals surface area (Å²) in [5.74, 6) is 0.934. The summed E-state index contributed by atoms with van der Waals surface area (Å²) in [5.41, 5.74) is 6.82. The number of aromatic nitrogens is 3. The van der Waals surface area contributed by atoms with Crippen LogP contribution in [0.5, 0.6) is 0 Å². The predicted octanol–water partition coefficient (Wildman–Crippen LogP) is 5.25. The van der Waals surface area contributed by atoms with Crippen LogP contribution in [-0.4, -0.2) is 14.0 Å². The first-order chi connectivity index (χ1) is 12.3. The lowest BCUT2D eigenvalue weighted by molar-refractivity contribution is 1.08. The van der Waals surface area contributed by atoms with Crippen LogP contribution in [0.1, 0.15) is 5.56 Å². The van der Waals surface area contributed by atoms with Gasteiger partial charge in [0, 0.05) is 17.4 Å². The third-order valence-electron chi connectivity index (χ3n) is 4.63. The minimum absolute atomic E-state index is 0.934. The summed E-state index contributed by atoms with van der Waals surface area (Å²) in [4.78, 5) is 4.89. The lowest BCUT2D eigenvalue weighted by Gasteiger charge is -2.09. The molecule has 2 aromatic heterocycles. The van der Waals surface area contributed by atoms with Crippen LogP contribution in [0.4, 0.5) is 0 Å². The molecule has 0 aliphatic heterocycles. The summed E-state index contributed by atoms with van der Waals surface area (Å²) >= 11 is 0. The van der Waals surface area contributed by atoms with E-state index in [1.807, 2.05) is 12.1 Å². The van der Waals surface area contributed by atoms with Gasteiger partial charge in [-0.3, -0.25) is 8.97 Å². The molecule has 0 bridgehead atoms. The van der Waals surface area contributed by atoms with Gasteiger partial charge in [-0.15, -0.1) is 0 Å². The maximum atomic E-state index is 4.89. The molecule has 3 heteroatoms. The highest BCUT2D eigenvalue weighted by molar-refractivity contribution is 5.82. The van der Waals surface area contributed by atoms with Crippen LogP contribution in [0, 0.1) is 6.92 Å². The molecule has 5 aromatic rings. The Hall–Kier alpha value is -3.33. The quantitative estimate of drug-likeness (QED) is 0.435. The van der Waals surface area contributed by atoms with Crippen molar-refractivity contribution in [3.05, 3.63) is 90.6 Å². The number of aryl methyl sites for hydroxylation is 1. The Morgan fingerprint density at radius 3 is 2.28 bits per heavy atom. The highest BCUT2D eigenvalue weighted by Crippen LogP contribution is 2.29. The molecular weight excluding hydrogens is 306 g/mol. The second-order valence-corrected chi connectivity index (χ2v) is 6.32. The van der Waals surface area contributed by atoms with Crippen LogP contribution in [0.2, 0.25) is 0 Å². The van der Waals surface area contributed by atoms with Crippen molar-refractivity contribution in [2.75, 3.05) is 0 Å². The van der Waals surface area contributed by atoms with Crippen molar-refractivity contribution in [3.8, 4) is 16.9 Å². The summed E-state index contributed by atoms with van der Waals surface area (Å²) in [6, 6.07) is 27.3. The number of rotatable bonds is 2. The third-order valence-corrected chi connectivity index (χ3v) is 4.63.